The fourth-order valence-electron chi connectivity index (χ4n) is 5.04. The average molecular weight is 516 g/mol. The number of nitrogens with one attached hydrogen (secondary N) is 1. The van der Waals surface area contributed by atoms with Gasteiger partial charge in [0.05, 0.1) is 31.0 Å². The smallest absolute Gasteiger partial charge is 0.253 e. The van der Waals surface area contributed by atoms with Gasteiger partial charge in [0.25, 0.3) is 5.91 Å². The van der Waals surface area contributed by atoms with E-state index in [0.717, 1.165) is 49.0 Å². The van der Waals surface area contributed by atoms with E-state index in [1.54, 1.807) is 18.5 Å². The minimum absolute atomic E-state index is 0.00293. The number of ether oxygens (including phenoxy) is 2. The van der Waals surface area contributed by atoms with Gasteiger partial charge in [-0.3, -0.25) is 9.78 Å². The molecule has 0 radical (unpaired) electrons. The summed E-state index contributed by atoms with van der Waals surface area (Å²) >= 11 is 0. The second-order valence-electron chi connectivity index (χ2n) is 10.1. The summed E-state index contributed by atoms with van der Waals surface area (Å²) < 4.78 is 24.9. The summed E-state index contributed by atoms with van der Waals surface area (Å²) in [4.78, 5) is 19.5. The molecule has 0 saturated carbocycles. The van der Waals surface area contributed by atoms with Crippen molar-refractivity contribution in [1.29, 1.82) is 0 Å². The molecule has 38 heavy (non-hydrogen) atoms. The Labute approximate surface area is 223 Å². The number of aromatic nitrogens is 1. The summed E-state index contributed by atoms with van der Waals surface area (Å²) in [6.45, 7) is 5.23. The van der Waals surface area contributed by atoms with Crippen LogP contribution in [0.5, 0.6) is 5.75 Å². The van der Waals surface area contributed by atoms with Crippen molar-refractivity contribution in [3.05, 3.63) is 101 Å². The third-order valence-electron chi connectivity index (χ3n) is 7.29. The molecular weight excluding hydrogens is 481 g/mol. The van der Waals surface area contributed by atoms with Crippen molar-refractivity contribution in [2.75, 3.05) is 33.4 Å². The molecule has 5 rings (SSSR count). The number of hydrogen-bond acceptors (Lipinski definition) is 5. The van der Waals surface area contributed by atoms with E-state index in [-0.39, 0.29) is 23.9 Å². The molecular formula is C31H34FN3O3. The average Bonchev–Trinajstić information content (AvgIpc) is 3.44. The molecule has 0 unspecified atom stereocenters. The third kappa shape index (κ3) is 6.29. The lowest BCUT2D eigenvalue weighted by Crippen LogP contribution is -2.27. The first kappa shape index (κ1) is 26.1. The van der Waals surface area contributed by atoms with E-state index in [1.807, 2.05) is 19.1 Å². The Morgan fingerprint density at radius 1 is 1.05 bits per heavy atom. The van der Waals surface area contributed by atoms with Crippen LogP contribution in [0, 0.1) is 5.82 Å². The standard InChI is InChI=1S/C31H34FN3O3/c1-21(34-31(36)26-17-29(19-33-18-26)38-28-13-16-37-20-28)22-3-5-23(6-4-22)30(24-7-9-27(32)10-8-24)25-11-14-35(2)15-12-25/h3-10,17-19,21,28H,11-16,20H2,1-2H3,(H,34,36)/t21-,28-/m1/s1. The van der Waals surface area contributed by atoms with E-state index in [9.17, 15) is 9.18 Å². The van der Waals surface area contributed by atoms with Crippen LogP contribution in [0.15, 0.2) is 72.6 Å². The quantitative estimate of drug-likeness (QED) is 0.456. The van der Waals surface area contributed by atoms with Crippen molar-refractivity contribution in [2.24, 2.45) is 0 Å². The summed E-state index contributed by atoms with van der Waals surface area (Å²) in [7, 11) is 2.14. The van der Waals surface area contributed by atoms with Gasteiger partial charge in [-0.15, -0.1) is 0 Å². The van der Waals surface area contributed by atoms with Crippen LogP contribution in [0.2, 0.25) is 0 Å². The Morgan fingerprint density at radius 3 is 2.39 bits per heavy atom. The zero-order valence-electron chi connectivity index (χ0n) is 22.0. The van der Waals surface area contributed by atoms with Gasteiger partial charge in [0.1, 0.15) is 17.7 Å². The van der Waals surface area contributed by atoms with Gasteiger partial charge in [-0.1, -0.05) is 42.0 Å². The molecule has 1 N–H and O–H groups in total. The molecule has 2 aliphatic rings. The van der Waals surface area contributed by atoms with Gasteiger partial charge in [0.15, 0.2) is 0 Å². The van der Waals surface area contributed by atoms with Crippen LogP contribution < -0.4 is 10.1 Å². The van der Waals surface area contributed by atoms with Gasteiger partial charge in [-0.25, -0.2) is 4.39 Å². The highest BCUT2D eigenvalue weighted by Crippen LogP contribution is 2.33. The molecule has 6 nitrogen and oxygen atoms in total. The fourth-order valence-corrected chi connectivity index (χ4v) is 5.04. The minimum Gasteiger partial charge on any atom is -0.486 e. The SMILES string of the molecule is C[C@@H](NC(=O)c1cncc(O[C@@H]2CCOC2)c1)c1ccc(C(=C2CCN(C)CC2)c2ccc(F)cc2)cc1. The minimum atomic E-state index is -0.235. The molecule has 1 amide bonds. The highest BCUT2D eigenvalue weighted by Gasteiger charge is 2.20. The van der Waals surface area contributed by atoms with Crippen molar-refractivity contribution in [3.8, 4) is 5.75 Å². The van der Waals surface area contributed by atoms with Crippen LogP contribution in [0.25, 0.3) is 5.57 Å². The molecule has 7 heteroatoms. The Balaban J connectivity index is 1.31. The van der Waals surface area contributed by atoms with Crippen LogP contribution in [0.3, 0.4) is 0 Å². The van der Waals surface area contributed by atoms with E-state index in [0.29, 0.717) is 24.5 Å². The molecule has 3 aromatic rings. The van der Waals surface area contributed by atoms with Crippen LogP contribution in [-0.4, -0.2) is 55.2 Å². The third-order valence-corrected chi connectivity index (χ3v) is 7.29. The number of piperidine rings is 1. The number of pyridine rings is 1. The predicted molar refractivity (Wildman–Crippen MR) is 146 cm³/mol. The van der Waals surface area contributed by atoms with Gasteiger partial charge >= 0.3 is 0 Å². The lowest BCUT2D eigenvalue weighted by molar-refractivity contribution is 0.0938. The van der Waals surface area contributed by atoms with Crippen LogP contribution in [-0.2, 0) is 4.74 Å². The fraction of sp³-hybridized carbons (Fsp3) is 0.355. The Morgan fingerprint density at radius 2 is 1.74 bits per heavy atom. The van der Waals surface area contributed by atoms with Crippen molar-refractivity contribution in [3.63, 3.8) is 0 Å². The van der Waals surface area contributed by atoms with Crippen molar-refractivity contribution in [1.82, 2.24) is 15.2 Å². The van der Waals surface area contributed by atoms with E-state index in [4.69, 9.17) is 9.47 Å². The molecule has 0 aliphatic carbocycles. The molecule has 198 valence electrons. The number of hydrogen-bond donors (Lipinski definition) is 1. The zero-order chi connectivity index (χ0) is 26.5. The number of amides is 1. The van der Waals surface area contributed by atoms with E-state index in [1.165, 1.54) is 23.3 Å². The first-order valence-corrected chi connectivity index (χ1v) is 13.2. The lowest BCUT2D eigenvalue weighted by atomic mass is 9.88. The number of nitrogens with zero attached hydrogens (tertiary/aromatic N) is 2. The van der Waals surface area contributed by atoms with Gasteiger partial charge in [-0.2, -0.15) is 0 Å². The van der Waals surface area contributed by atoms with Crippen molar-refractivity contribution >= 4 is 11.5 Å². The molecule has 2 aromatic carbocycles. The highest BCUT2D eigenvalue weighted by atomic mass is 19.1. The summed E-state index contributed by atoms with van der Waals surface area (Å²) in [5.41, 5.74) is 6.15. The summed E-state index contributed by atoms with van der Waals surface area (Å²) in [5.74, 6) is 0.129. The monoisotopic (exact) mass is 515 g/mol. The van der Waals surface area contributed by atoms with Crippen LogP contribution in [0.1, 0.15) is 59.3 Å². The topological polar surface area (TPSA) is 63.7 Å². The summed E-state index contributed by atoms with van der Waals surface area (Å²) in [6.07, 6.45) is 5.97. The van der Waals surface area contributed by atoms with E-state index in [2.05, 4.69) is 46.5 Å². The molecule has 2 aliphatic heterocycles. The molecule has 3 heterocycles. The maximum atomic E-state index is 13.7. The number of halogens is 1. The van der Waals surface area contributed by atoms with Crippen molar-refractivity contribution in [2.45, 2.75) is 38.3 Å². The maximum Gasteiger partial charge on any atom is 0.253 e. The second kappa shape index (κ2) is 11.9. The molecule has 0 spiro atoms. The second-order valence-corrected chi connectivity index (χ2v) is 10.1. The van der Waals surface area contributed by atoms with Gasteiger partial charge in [0, 0.05) is 25.7 Å². The van der Waals surface area contributed by atoms with Crippen molar-refractivity contribution < 1.29 is 18.7 Å². The number of rotatable bonds is 7. The molecule has 2 atom stereocenters. The molecule has 2 saturated heterocycles. The predicted octanol–water partition coefficient (Wildman–Crippen LogP) is 5.41. The van der Waals surface area contributed by atoms with Gasteiger partial charge in [0.2, 0.25) is 0 Å². The van der Waals surface area contributed by atoms with Crippen LogP contribution >= 0.6 is 0 Å². The number of carbonyl (C=O) groups is 1. The summed E-state index contributed by atoms with van der Waals surface area (Å²) in [5, 5.41) is 3.07. The van der Waals surface area contributed by atoms with E-state index < -0.39 is 0 Å². The van der Waals surface area contributed by atoms with Gasteiger partial charge < -0.3 is 19.7 Å². The Hall–Kier alpha value is -3.55. The maximum absolute atomic E-state index is 13.7. The first-order valence-electron chi connectivity index (χ1n) is 13.2. The number of benzene rings is 2. The largest absolute Gasteiger partial charge is 0.486 e. The lowest BCUT2D eigenvalue weighted by Gasteiger charge is -2.27. The number of likely N-dealkylation sites (tertiary alicyclic amines) is 1. The van der Waals surface area contributed by atoms with Crippen LogP contribution in [0.4, 0.5) is 4.39 Å². The highest BCUT2D eigenvalue weighted by molar-refractivity contribution is 5.94. The normalized spacial score (nSPS) is 18.7. The van der Waals surface area contributed by atoms with Gasteiger partial charge in [-0.05, 0) is 67.3 Å². The Kier molecular flexibility index (Phi) is 8.15. The zero-order valence-corrected chi connectivity index (χ0v) is 22.0. The molecule has 1 aromatic heterocycles. The first-order chi connectivity index (χ1) is 18.5. The molecule has 2 fully saturated rings. The number of carbonyl (C=O) groups excluding carboxylic acids is 1. The van der Waals surface area contributed by atoms with E-state index >= 15 is 0 Å². The molecule has 0 bridgehead atoms. The Bertz CT molecular complexity index is 1270. The summed E-state index contributed by atoms with van der Waals surface area (Å²) in [6, 6.07) is 16.6.